The zero-order valence-corrected chi connectivity index (χ0v) is 17.1. The van der Waals surface area contributed by atoms with Crippen molar-refractivity contribution >= 4 is 5.96 Å². The summed E-state index contributed by atoms with van der Waals surface area (Å²) in [6, 6.07) is 3.66. The van der Waals surface area contributed by atoms with Crippen LogP contribution in [0.2, 0.25) is 0 Å². The van der Waals surface area contributed by atoms with Crippen molar-refractivity contribution in [2.24, 2.45) is 12.0 Å². The first kappa shape index (κ1) is 19.7. The first-order valence-corrected chi connectivity index (χ1v) is 9.37. The van der Waals surface area contributed by atoms with Gasteiger partial charge in [-0.25, -0.2) is 4.98 Å². The van der Waals surface area contributed by atoms with Crippen LogP contribution in [0.15, 0.2) is 34.0 Å². The van der Waals surface area contributed by atoms with Crippen molar-refractivity contribution in [2.45, 2.75) is 32.7 Å². The Balaban J connectivity index is 1.54. The van der Waals surface area contributed by atoms with E-state index in [4.69, 9.17) is 4.42 Å². The Hall–Kier alpha value is -3.10. The van der Waals surface area contributed by atoms with Crippen LogP contribution >= 0.6 is 0 Å². The van der Waals surface area contributed by atoms with Crippen molar-refractivity contribution in [3.63, 3.8) is 0 Å². The molecule has 0 saturated heterocycles. The maximum Gasteiger partial charge on any atom is 0.216 e. The first-order chi connectivity index (χ1) is 13.5. The minimum absolute atomic E-state index is 0.384. The zero-order chi connectivity index (χ0) is 20.1. The molecule has 0 aliphatic rings. The predicted octanol–water partition coefficient (Wildman–Crippen LogP) is 2.17. The molecule has 3 rings (SSSR count). The van der Waals surface area contributed by atoms with Crippen LogP contribution in [0.25, 0.3) is 11.6 Å². The molecule has 0 fully saturated rings. The van der Waals surface area contributed by atoms with Gasteiger partial charge in [-0.3, -0.25) is 14.8 Å². The molecule has 9 nitrogen and oxygen atoms in total. The lowest BCUT2D eigenvalue weighted by Gasteiger charge is -2.22. The van der Waals surface area contributed by atoms with Crippen molar-refractivity contribution in [2.75, 3.05) is 20.6 Å². The highest BCUT2D eigenvalue weighted by atomic mass is 16.3. The summed E-state index contributed by atoms with van der Waals surface area (Å²) in [5.74, 6) is 3.23. The highest BCUT2D eigenvalue weighted by Crippen LogP contribution is 2.18. The molecule has 3 aromatic rings. The molecule has 0 atom stereocenters. The molecule has 9 heteroatoms. The summed E-state index contributed by atoms with van der Waals surface area (Å²) >= 11 is 0. The number of hydrogen-bond donors (Lipinski definition) is 2. The number of guanidine groups is 1. The second-order valence-corrected chi connectivity index (χ2v) is 7.03. The van der Waals surface area contributed by atoms with E-state index in [0.717, 1.165) is 24.0 Å². The average Bonchev–Trinajstić information content (AvgIpc) is 3.39. The SMILES string of the molecule is CN=C(NCCc1nc(-c2ccco2)n[nH]1)N(C)Cc1cn(C)nc1C(C)C. The minimum atomic E-state index is 0.384. The largest absolute Gasteiger partial charge is 0.461 e. The molecule has 0 bridgehead atoms. The number of aliphatic imine (C=N–C) groups is 1. The van der Waals surface area contributed by atoms with Gasteiger partial charge >= 0.3 is 0 Å². The number of aryl methyl sites for hydroxylation is 1. The molecule has 0 spiro atoms. The third kappa shape index (κ3) is 4.59. The fraction of sp³-hybridized carbons (Fsp3) is 0.474. The van der Waals surface area contributed by atoms with Gasteiger partial charge in [0.2, 0.25) is 5.82 Å². The second-order valence-electron chi connectivity index (χ2n) is 7.03. The molecule has 0 saturated carbocycles. The third-order valence-corrected chi connectivity index (χ3v) is 4.38. The zero-order valence-electron chi connectivity index (χ0n) is 17.1. The Kier molecular flexibility index (Phi) is 6.13. The molecule has 0 aliphatic carbocycles. The molecule has 0 aromatic carbocycles. The lowest BCUT2D eigenvalue weighted by atomic mass is 10.1. The number of H-pyrrole nitrogens is 1. The highest BCUT2D eigenvalue weighted by Gasteiger charge is 2.15. The van der Waals surface area contributed by atoms with Crippen molar-refractivity contribution in [1.82, 2.24) is 35.2 Å². The van der Waals surface area contributed by atoms with Gasteiger partial charge in [0.05, 0.1) is 12.0 Å². The Bertz CT molecular complexity index is 906. The molecule has 2 N–H and O–H groups in total. The summed E-state index contributed by atoms with van der Waals surface area (Å²) in [6.45, 7) is 5.75. The minimum Gasteiger partial charge on any atom is -0.461 e. The van der Waals surface area contributed by atoms with Crippen LogP contribution < -0.4 is 5.32 Å². The number of nitrogens with zero attached hydrogens (tertiary/aromatic N) is 6. The van der Waals surface area contributed by atoms with Crippen LogP contribution in [0.1, 0.15) is 36.8 Å². The summed E-state index contributed by atoms with van der Waals surface area (Å²) in [6.07, 6.45) is 4.38. The molecular weight excluding hydrogens is 356 g/mol. The Morgan fingerprint density at radius 1 is 1.43 bits per heavy atom. The normalized spacial score (nSPS) is 12.0. The van der Waals surface area contributed by atoms with Crippen LogP contribution in [-0.2, 0) is 20.0 Å². The van der Waals surface area contributed by atoms with Crippen LogP contribution in [-0.4, -0.2) is 56.5 Å². The summed E-state index contributed by atoms with van der Waals surface area (Å²) < 4.78 is 7.19. The van der Waals surface area contributed by atoms with Crippen LogP contribution in [0.3, 0.4) is 0 Å². The van der Waals surface area contributed by atoms with Gasteiger partial charge in [-0.1, -0.05) is 13.8 Å². The van der Waals surface area contributed by atoms with Crippen LogP contribution in [0, 0.1) is 0 Å². The van der Waals surface area contributed by atoms with E-state index >= 15 is 0 Å². The molecule has 3 heterocycles. The van der Waals surface area contributed by atoms with Gasteiger partial charge in [-0.05, 0) is 18.1 Å². The lowest BCUT2D eigenvalue weighted by molar-refractivity contribution is 0.473. The van der Waals surface area contributed by atoms with E-state index in [1.807, 2.05) is 30.9 Å². The average molecular weight is 384 g/mol. The number of hydrogen-bond acceptors (Lipinski definition) is 5. The van der Waals surface area contributed by atoms with E-state index in [0.29, 0.717) is 30.5 Å². The van der Waals surface area contributed by atoms with E-state index < -0.39 is 0 Å². The number of nitrogens with one attached hydrogen (secondary N) is 2. The topological polar surface area (TPSA) is 100 Å². The monoisotopic (exact) mass is 384 g/mol. The fourth-order valence-electron chi connectivity index (χ4n) is 3.09. The smallest absolute Gasteiger partial charge is 0.216 e. The van der Waals surface area contributed by atoms with Gasteiger partial charge in [0.15, 0.2) is 11.7 Å². The predicted molar refractivity (Wildman–Crippen MR) is 108 cm³/mol. The standard InChI is InChI=1S/C19H28N8O/c1-13(2)17-14(12-27(5)25-17)11-26(4)19(20-3)21-9-8-16-22-18(24-23-16)15-7-6-10-28-15/h6-7,10,12-13H,8-9,11H2,1-5H3,(H,20,21)(H,22,23,24). The maximum absolute atomic E-state index is 5.32. The summed E-state index contributed by atoms with van der Waals surface area (Å²) in [5.41, 5.74) is 2.33. The van der Waals surface area contributed by atoms with E-state index in [-0.39, 0.29) is 0 Å². The summed E-state index contributed by atoms with van der Waals surface area (Å²) in [7, 11) is 5.77. The molecule has 0 unspecified atom stereocenters. The Labute approximate surface area is 164 Å². The van der Waals surface area contributed by atoms with Crippen molar-refractivity contribution in [3.8, 4) is 11.6 Å². The van der Waals surface area contributed by atoms with E-state index in [1.54, 1.807) is 13.3 Å². The maximum atomic E-state index is 5.32. The second kappa shape index (κ2) is 8.73. The Morgan fingerprint density at radius 3 is 2.93 bits per heavy atom. The van der Waals surface area contributed by atoms with Gasteiger partial charge < -0.3 is 14.6 Å². The molecule has 0 amide bonds. The molecule has 0 aliphatic heterocycles. The van der Waals surface area contributed by atoms with E-state index in [1.165, 1.54) is 5.56 Å². The van der Waals surface area contributed by atoms with Gasteiger partial charge in [0.1, 0.15) is 5.82 Å². The quantitative estimate of drug-likeness (QED) is 0.478. The van der Waals surface area contributed by atoms with Gasteiger partial charge in [0.25, 0.3) is 0 Å². The third-order valence-electron chi connectivity index (χ3n) is 4.38. The van der Waals surface area contributed by atoms with E-state index in [9.17, 15) is 0 Å². The highest BCUT2D eigenvalue weighted by molar-refractivity contribution is 5.79. The fourth-order valence-corrected chi connectivity index (χ4v) is 3.09. The first-order valence-electron chi connectivity index (χ1n) is 9.37. The lowest BCUT2D eigenvalue weighted by Crippen LogP contribution is -2.39. The molecular formula is C19H28N8O. The molecule has 28 heavy (non-hydrogen) atoms. The number of rotatable bonds is 7. The number of aromatic amines is 1. The number of furan rings is 1. The number of aromatic nitrogens is 5. The molecule has 150 valence electrons. The molecule has 0 radical (unpaired) electrons. The Morgan fingerprint density at radius 2 is 2.25 bits per heavy atom. The van der Waals surface area contributed by atoms with Crippen LogP contribution in [0.5, 0.6) is 0 Å². The van der Waals surface area contributed by atoms with E-state index in [2.05, 4.69) is 55.5 Å². The summed E-state index contributed by atoms with van der Waals surface area (Å²) in [4.78, 5) is 10.9. The van der Waals surface area contributed by atoms with Crippen LogP contribution in [0.4, 0.5) is 0 Å². The van der Waals surface area contributed by atoms with Gasteiger partial charge in [-0.15, -0.1) is 0 Å². The van der Waals surface area contributed by atoms with Crippen molar-refractivity contribution in [3.05, 3.63) is 41.7 Å². The van der Waals surface area contributed by atoms with Crippen molar-refractivity contribution in [1.29, 1.82) is 0 Å². The van der Waals surface area contributed by atoms with Crippen molar-refractivity contribution < 1.29 is 4.42 Å². The van der Waals surface area contributed by atoms with Gasteiger partial charge in [-0.2, -0.15) is 10.2 Å². The van der Waals surface area contributed by atoms with Gasteiger partial charge in [0, 0.05) is 52.4 Å². The summed E-state index contributed by atoms with van der Waals surface area (Å²) in [5, 5.41) is 15.1. The molecule has 3 aromatic heterocycles.